The van der Waals surface area contributed by atoms with Gasteiger partial charge in [0.25, 0.3) is 0 Å². The van der Waals surface area contributed by atoms with Crippen LogP contribution in [0.3, 0.4) is 0 Å². The number of nitrogens with two attached hydrogens (primary N) is 1. The van der Waals surface area contributed by atoms with Gasteiger partial charge in [0.05, 0.1) is 0 Å². The lowest BCUT2D eigenvalue weighted by molar-refractivity contribution is 0.272. The Labute approximate surface area is 91.9 Å². The Hall–Kier alpha value is -0.890. The van der Waals surface area contributed by atoms with Gasteiger partial charge < -0.3 is 5.73 Å². The highest BCUT2D eigenvalue weighted by molar-refractivity contribution is 5.08. The first-order valence-electron chi connectivity index (χ1n) is 5.99. The van der Waals surface area contributed by atoms with Crippen LogP contribution in [0.4, 0.5) is 0 Å². The summed E-state index contributed by atoms with van der Waals surface area (Å²) in [4.78, 5) is 4.11. The minimum atomic E-state index is 0.385. The molecule has 0 bridgehead atoms. The first-order valence-corrected chi connectivity index (χ1v) is 5.99. The fraction of sp³-hybridized carbons (Fsp3) is 0.615. The third kappa shape index (κ3) is 3.31. The summed E-state index contributed by atoms with van der Waals surface area (Å²) in [7, 11) is 0. The van der Waals surface area contributed by atoms with Crippen LogP contribution in [0.1, 0.15) is 37.7 Å². The van der Waals surface area contributed by atoms with E-state index in [0.29, 0.717) is 6.04 Å². The Morgan fingerprint density at radius 1 is 1.47 bits per heavy atom. The molecule has 0 aliphatic heterocycles. The number of hydrogen-bond acceptors (Lipinski definition) is 2. The smallest absolute Gasteiger partial charge is 0.0299 e. The quantitative estimate of drug-likeness (QED) is 0.800. The van der Waals surface area contributed by atoms with Crippen LogP contribution >= 0.6 is 0 Å². The number of hydrogen-bond donors (Lipinski definition) is 1. The zero-order chi connectivity index (χ0) is 10.5. The molecule has 0 saturated heterocycles. The van der Waals surface area contributed by atoms with Gasteiger partial charge in [-0.05, 0) is 36.8 Å². The van der Waals surface area contributed by atoms with Crippen molar-refractivity contribution in [3.05, 3.63) is 30.1 Å². The van der Waals surface area contributed by atoms with Crippen molar-refractivity contribution in [3.8, 4) is 0 Å². The van der Waals surface area contributed by atoms with Crippen molar-refractivity contribution in [2.75, 3.05) is 0 Å². The molecule has 1 heterocycles. The van der Waals surface area contributed by atoms with Gasteiger partial charge in [-0.2, -0.15) is 0 Å². The van der Waals surface area contributed by atoms with E-state index in [9.17, 15) is 0 Å². The Morgan fingerprint density at radius 2 is 2.33 bits per heavy atom. The van der Waals surface area contributed by atoms with E-state index in [0.717, 1.165) is 18.8 Å². The first-order chi connectivity index (χ1) is 7.34. The highest BCUT2D eigenvalue weighted by Gasteiger charge is 2.19. The molecule has 0 aromatic carbocycles. The van der Waals surface area contributed by atoms with E-state index in [1.807, 2.05) is 18.5 Å². The maximum atomic E-state index is 6.11. The molecule has 1 saturated carbocycles. The van der Waals surface area contributed by atoms with Crippen LogP contribution in [-0.4, -0.2) is 11.0 Å². The molecule has 1 aromatic heterocycles. The minimum absolute atomic E-state index is 0.385. The van der Waals surface area contributed by atoms with Gasteiger partial charge in [0.2, 0.25) is 0 Å². The van der Waals surface area contributed by atoms with Crippen molar-refractivity contribution in [3.63, 3.8) is 0 Å². The van der Waals surface area contributed by atoms with Crippen LogP contribution in [-0.2, 0) is 6.42 Å². The number of pyridine rings is 1. The van der Waals surface area contributed by atoms with Gasteiger partial charge in [0.15, 0.2) is 0 Å². The Kier molecular flexibility index (Phi) is 3.73. The zero-order valence-electron chi connectivity index (χ0n) is 9.23. The molecule has 2 heteroatoms. The fourth-order valence-corrected chi connectivity index (χ4v) is 2.17. The number of rotatable bonds is 5. The van der Waals surface area contributed by atoms with Gasteiger partial charge in [0, 0.05) is 18.4 Å². The molecule has 0 spiro atoms. The normalized spacial score (nSPS) is 18.5. The lowest BCUT2D eigenvalue weighted by atomic mass is 9.80. The molecule has 1 atom stereocenters. The Balaban J connectivity index is 1.68. The highest BCUT2D eigenvalue weighted by Crippen LogP contribution is 2.30. The number of aromatic nitrogens is 1. The summed E-state index contributed by atoms with van der Waals surface area (Å²) in [6.45, 7) is 0. The molecule has 2 N–H and O–H groups in total. The molecule has 2 nitrogen and oxygen atoms in total. The molecule has 1 unspecified atom stereocenters. The van der Waals surface area contributed by atoms with Gasteiger partial charge in [-0.3, -0.25) is 4.98 Å². The average molecular weight is 204 g/mol. The second kappa shape index (κ2) is 5.26. The second-order valence-corrected chi connectivity index (χ2v) is 4.69. The summed E-state index contributed by atoms with van der Waals surface area (Å²) in [5.41, 5.74) is 7.42. The molecule has 0 radical (unpaired) electrons. The molecule has 1 fully saturated rings. The van der Waals surface area contributed by atoms with Crippen molar-refractivity contribution in [1.29, 1.82) is 0 Å². The monoisotopic (exact) mass is 204 g/mol. The van der Waals surface area contributed by atoms with Crippen molar-refractivity contribution in [2.45, 2.75) is 44.6 Å². The number of nitrogens with zero attached hydrogens (tertiary/aromatic N) is 1. The van der Waals surface area contributed by atoms with Crippen LogP contribution in [0.5, 0.6) is 0 Å². The lowest BCUT2D eigenvalue weighted by Crippen LogP contribution is -2.27. The summed E-state index contributed by atoms with van der Waals surface area (Å²) >= 11 is 0. The highest BCUT2D eigenvalue weighted by atomic mass is 14.6. The predicted molar refractivity (Wildman–Crippen MR) is 62.5 cm³/mol. The van der Waals surface area contributed by atoms with E-state index in [4.69, 9.17) is 5.73 Å². The second-order valence-electron chi connectivity index (χ2n) is 4.69. The fourth-order valence-electron chi connectivity index (χ4n) is 2.17. The standard InChI is InChI=1S/C13H20N2/c14-13(9-11-3-1-4-11)7-6-12-5-2-8-15-10-12/h2,5,8,10-11,13H,1,3-4,6-7,9,14H2. The maximum absolute atomic E-state index is 6.11. The molecule has 0 amide bonds. The minimum Gasteiger partial charge on any atom is -0.328 e. The van der Waals surface area contributed by atoms with Gasteiger partial charge >= 0.3 is 0 Å². The molecular formula is C13H20N2. The van der Waals surface area contributed by atoms with Crippen LogP contribution < -0.4 is 5.73 Å². The molecule has 1 aliphatic carbocycles. The zero-order valence-corrected chi connectivity index (χ0v) is 9.23. The van der Waals surface area contributed by atoms with E-state index in [-0.39, 0.29) is 0 Å². The van der Waals surface area contributed by atoms with Gasteiger partial charge in [-0.25, -0.2) is 0 Å². The van der Waals surface area contributed by atoms with Crippen molar-refractivity contribution < 1.29 is 0 Å². The number of aryl methyl sites for hydroxylation is 1. The van der Waals surface area contributed by atoms with Crippen LogP contribution in [0, 0.1) is 5.92 Å². The van der Waals surface area contributed by atoms with E-state index in [1.54, 1.807) is 0 Å². The third-order valence-corrected chi connectivity index (χ3v) is 3.39. The largest absolute Gasteiger partial charge is 0.328 e. The Bertz CT molecular complexity index is 280. The summed E-state index contributed by atoms with van der Waals surface area (Å²) in [5, 5.41) is 0. The van der Waals surface area contributed by atoms with Gasteiger partial charge in [-0.1, -0.05) is 25.3 Å². The van der Waals surface area contributed by atoms with Crippen molar-refractivity contribution in [2.24, 2.45) is 11.7 Å². The van der Waals surface area contributed by atoms with Gasteiger partial charge in [-0.15, -0.1) is 0 Å². The summed E-state index contributed by atoms with van der Waals surface area (Å²) < 4.78 is 0. The summed E-state index contributed by atoms with van der Waals surface area (Å²) in [6.07, 6.45) is 11.4. The van der Waals surface area contributed by atoms with Gasteiger partial charge in [0.1, 0.15) is 0 Å². The van der Waals surface area contributed by atoms with Crippen LogP contribution in [0.25, 0.3) is 0 Å². The van der Waals surface area contributed by atoms with Crippen molar-refractivity contribution in [1.82, 2.24) is 4.98 Å². The van der Waals surface area contributed by atoms with E-state index in [2.05, 4.69) is 11.1 Å². The summed E-state index contributed by atoms with van der Waals surface area (Å²) in [6, 6.07) is 4.51. The topological polar surface area (TPSA) is 38.9 Å². The molecule has 1 aliphatic rings. The molecule has 1 aromatic rings. The average Bonchev–Trinajstić information content (AvgIpc) is 2.22. The Morgan fingerprint density at radius 3 is 2.93 bits per heavy atom. The van der Waals surface area contributed by atoms with Crippen molar-refractivity contribution >= 4 is 0 Å². The van der Waals surface area contributed by atoms with E-state index < -0.39 is 0 Å². The predicted octanol–water partition coefficient (Wildman–Crippen LogP) is 2.53. The first kappa shape index (κ1) is 10.6. The maximum Gasteiger partial charge on any atom is 0.0299 e. The van der Waals surface area contributed by atoms with E-state index >= 15 is 0 Å². The molecular weight excluding hydrogens is 184 g/mol. The third-order valence-electron chi connectivity index (χ3n) is 3.39. The van der Waals surface area contributed by atoms with Crippen LogP contribution in [0.15, 0.2) is 24.5 Å². The summed E-state index contributed by atoms with van der Waals surface area (Å²) in [5.74, 6) is 0.925. The molecule has 15 heavy (non-hydrogen) atoms. The van der Waals surface area contributed by atoms with Crippen LogP contribution in [0.2, 0.25) is 0 Å². The SMILES string of the molecule is NC(CCc1cccnc1)CC1CCC1. The van der Waals surface area contributed by atoms with E-state index in [1.165, 1.54) is 31.2 Å². The lowest BCUT2D eigenvalue weighted by Gasteiger charge is -2.28. The molecule has 82 valence electrons. The molecule has 2 rings (SSSR count).